The maximum absolute atomic E-state index is 12.5. The predicted octanol–water partition coefficient (Wildman–Crippen LogP) is 5.34. The molecule has 5 nitrogen and oxygen atoms in total. The molecular weight excluding hydrogens is 472 g/mol. The van der Waals surface area contributed by atoms with Crippen molar-refractivity contribution in [1.29, 1.82) is 0 Å². The highest BCUT2D eigenvalue weighted by Gasteiger charge is 2.12. The highest BCUT2D eigenvalue weighted by molar-refractivity contribution is 9.10. The highest BCUT2D eigenvalue weighted by atomic mass is 79.9. The fourth-order valence-corrected chi connectivity index (χ4v) is 4.87. The zero-order valence-electron chi connectivity index (χ0n) is 16.6. The van der Waals surface area contributed by atoms with Crippen molar-refractivity contribution in [3.05, 3.63) is 105 Å². The van der Waals surface area contributed by atoms with Crippen LogP contribution in [0.2, 0.25) is 0 Å². The second-order valence-electron chi connectivity index (χ2n) is 7.22. The second-order valence-corrected chi connectivity index (χ2v) is 9.08. The molecule has 31 heavy (non-hydrogen) atoms. The van der Waals surface area contributed by atoms with Crippen LogP contribution in [0.25, 0.3) is 16.7 Å². The molecule has 0 aliphatic carbocycles. The largest absolute Gasteiger partial charge is 0.319 e. The summed E-state index contributed by atoms with van der Waals surface area (Å²) in [6.45, 7) is 0.842. The van der Waals surface area contributed by atoms with Gasteiger partial charge in [-0.2, -0.15) is 0 Å². The van der Waals surface area contributed by atoms with Crippen LogP contribution in [-0.2, 0) is 18.7 Å². The number of thioether (sulfide) groups is 1. The number of aromatic nitrogens is 4. The number of nitrogens with zero attached hydrogens (tertiary/aromatic N) is 4. The predicted molar refractivity (Wildman–Crippen MR) is 129 cm³/mol. The molecule has 0 atom stereocenters. The Morgan fingerprint density at radius 1 is 0.935 bits per heavy atom. The van der Waals surface area contributed by atoms with Gasteiger partial charge in [0.15, 0.2) is 5.16 Å². The molecular formula is C24H19BrN4OS. The van der Waals surface area contributed by atoms with Crippen LogP contribution < -0.4 is 5.56 Å². The summed E-state index contributed by atoms with van der Waals surface area (Å²) in [6.07, 6.45) is 2.67. The van der Waals surface area contributed by atoms with Crippen LogP contribution in [0.4, 0.5) is 0 Å². The maximum atomic E-state index is 12.5. The molecule has 3 heterocycles. The lowest BCUT2D eigenvalue weighted by Gasteiger charge is -2.09. The lowest BCUT2D eigenvalue weighted by Crippen LogP contribution is -2.15. The minimum absolute atomic E-state index is 0.0838. The Balaban J connectivity index is 1.43. The highest BCUT2D eigenvalue weighted by Crippen LogP contribution is 2.27. The molecule has 0 spiro atoms. The monoisotopic (exact) mass is 490 g/mol. The van der Waals surface area contributed by atoms with Crippen molar-refractivity contribution in [3.8, 4) is 0 Å². The summed E-state index contributed by atoms with van der Waals surface area (Å²) in [4.78, 5) is 22.0. The minimum atomic E-state index is -0.0838. The van der Waals surface area contributed by atoms with E-state index in [4.69, 9.17) is 4.98 Å². The molecule has 0 saturated carbocycles. The van der Waals surface area contributed by atoms with E-state index in [1.165, 1.54) is 5.56 Å². The molecule has 7 heteroatoms. The molecule has 3 aromatic heterocycles. The number of fused-ring (bicyclic) bond motifs is 2. The van der Waals surface area contributed by atoms with Gasteiger partial charge in [-0.3, -0.25) is 9.20 Å². The van der Waals surface area contributed by atoms with Crippen LogP contribution in [0.1, 0.15) is 11.3 Å². The Labute approximate surface area is 191 Å². The summed E-state index contributed by atoms with van der Waals surface area (Å²) >= 11 is 5.01. The van der Waals surface area contributed by atoms with Crippen molar-refractivity contribution in [3.63, 3.8) is 0 Å². The molecule has 0 radical (unpaired) electrons. The second kappa shape index (κ2) is 8.69. The van der Waals surface area contributed by atoms with Crippen LogP contribution in [0.3, 0.4) is 0 Å². The topological polar surface area (TPSA) is 52.2 Å². The van der Waals surface area contributed by atoms with Crippen molar-refractivity contribution >= 4 is 44.4 Å². The summed E-state index contributed by atoms with van der Waals surface area (Å²) in [7, 11) is 0. The van der Waals surface area contributed by atoms with Gasteiger partial charge in [0.05, 0.1) is 16.7 Å². The number of para-hydroxylation sites is 2. The Hall–Kier alpha value is -2.90. The summed E-state index contributed by atoms with van der Waals surface area (Å²) in [5.74, 6) is 0.580. The van der Waals surface area contributed by atoms with Gasteiger partial charge in [-0.25, -0.2) is 9.97 Å². The van der Waals surface area contributed by atoms with E-state index in [0.717, 1.165) is 39.3 Å². The SMILES string of the molecule is O=c1cc(CSc2nc3ccccc3n2CCc2ccccc2)nc2ccc(Br)cn12. The van der Waals surface area contributed by atoms with E-state index < -0.39 is 0 Å². The molecule has 5 aromatic rings. The number of benzene rings is 2. The number of halogens is 1. The van der Waals surface area contributed by atoms with Crippen LogP contribution in [0.15, 0.2) is 93.4 Å². The molecule has 2 aromatic carbocycles. The third kappa shape index (κ3) is 4.29. The summed E-state index contributed by atoms with van der Waals surface area (Å²) in [5.41, 5.74) is 4.71. The third-order valence-corrected chi connectivity index (χ3v) is 6.59. The fraction of sp³-hybridized carbons (Fsp3) is 0.125. The smallest absolute Gasteiger partial charge is 0.258 e. The van der Waals surface area contributed by atoms with E-state index in [2.05, 4.69) is 55.8 Å². The number of imidazole rings is 1. The molecule has 0 aliphatic rings. The van der Waals surface area contributed by atoms with Crippen molar-refractivity contribution in [1.82, 2.24) is 18.9 Å². The fourth-order valence-electron chi connectivity index (χ4n) is 3.60. The van der Waals surface area contributed by atoms with Gasteiger partial charge >= 0.3 is 0 Å². The number of hydrogen-bond donors (Lipinski definition) is 0. The van der Waals surface area contributed by atoms with Crippen molar-refractivity contribution < 1.29 is 0 Å². The average molecular weight is 491 g/mol. The lowest BCUT2D eigenvalue weighted by atomic mass is 10.1. The van der Waals surface area contributed by atoms with E-state index >= 15 is 0 Å². The summed E-state index contributed by atoms with van der Waals surface area (Å²) in [6, 6.07) is 24.0. The summed E-state index contributed by atoms with van der Waals surface area (Å²) in [5, 5.41) is 0.940. The molecule has 0 aliphatic heterocycles. The average Bonchev–Trinajstić information content (AvgIpc) is 3.15. The van der Waals surface area contributed by atoms with Crippen LogP contribution in [0.5, 0.6) is 0 Å². The first-order chi connectivity index (χ1) is 15.2. The van der Waals surface area contributed by atoms with Gasteiger partial charge in [0.1, 0.15) is 5.65 Å². The molecule has 0 fully saturated rings. The molecule has 5 rings (SSSR count). The first kappa shape index (κ1) is 20.0. The van der Waals surface area contributed by atoms with E-state index in [-0.39, 0.29) is 5.56 Å². The standard InChI is InChI=1S/C24H19BrN4OS/c25-18-10-11-22-26-19(14-23(30)29(22)15-18)16-31-24-27-20-8-4-5-9-21(20)28(24)13-12-17-6-2-1-3-7-17/h1-11,14-15H,12-13,16H2. The van der Waals surface area contributed by atoms with Crippen molar-refractivity contribution in [2.75, 3.05) is 0 Å². The van der Waals surface area contributed by atoms with Gasteiger partial charge in [0.25, 0.3) is 5.56 Å². The third-order valence-electron chi connectivity index (χ3n) is 5.11. The Morgan fingerprint density at radius 3 is 2.61 bits per heavy atom. The van der Waals surface area contributed by atoms with Crippen LogP contribution >= 0.6 is 27.7 Å². The van der Waals surface area contributed by atoms with Gasteiger partial charge in [-0.1, -0.05) is 54.2 Å². The normalized spacial score (nSPS) is 11.4. The molecule has 0 amide bonds. The Bertz CT molecular complexity index is 1430. The molecule has 0 saturated heterocycles. The van der Waals surface area contributed by atoms with Gasteiger partial charge in [-0.05, 0) is 52.2 Å². The van der Waals surface area contributed by atoms with Crippen molar-refractivity contribution in [2.24, 2.45) is 0 Å². The molecule has 0 bridgehead atoms. The van der Waals surface area contributed by atoms with E-state index in [1.54, 1.807) is 28.4 Å². The number of pyridine rings is 1. The number of hydrogen-bond acceptors (Lipinski definition) is 4. The van der Waals surface area contributed by atoms with Gasteiger partial charge < -0.3 is 4.57 Å². The van der Waals surface area contributed by atoms with Gasteiger partial charge in [0.2, 0.25) is 0 Å². The lowest BCUT2D eigenvalue weighted by molar-refractivity contribution is 0.652. The van der Waals surface area contributed by atoms with Gasteiger partial charge in [0, 0.05) is 29.0 Å². The number of rotatable bonds is 6. The van der Waals surface area contributed by atoms with Crippen molar-refractivity contribution in [2.45, 2.75) is 23.9 Å². The van der Waals surface area contributed by atoms with Gasteiger partial charge in [-0.15, -0.1) is 0 Å². The minimum Gasteiger partial charge on any atom is -0.319 e. The summed E-state index contributed by atoms with van der Waals surface area (Å²) < 4.78 is 4.66. The maximum Gasteiger partial charge on any atom is 0.258 e. The van der Waals surface area contributed by atoms with E-state index in [1.807, 2.05) is 36.4 Å². The van der Waals surface area contributed by atoms with E-state index in [0.29, 0.717) is 11.4 Å². The molecule has 154 valence electrons. The number of aryl methyl sites for hydroxylation is 2. The molecule has 0 unspecified atom stereocenters. The Kier molecular flexibility index (Phi) is 5.61. The Morgan fingerprint density at radius 2 is 1.74 bits per heavy atom. The zero-order valence-corrected chi connectivity index (χ0v) is 19.0. The van der Waals surface area contributed by atoms with E-state index in [9.17, 15) is 4.79 Å². The van der Waals surface area contributed by atoms with Crippen LogP contribution in [0, 0.1) is 0 Å². The van der Waals surface area contributed by atoms with Crippen LogP contribution in [-0.4, -0.2) is 18.9 Å². The first-order valence-corrected chi connectivity index (χ1v) is 11.7. The zero-order chi connectivity index (χ0) is 21.2. The quantitative estimate of drug-likeness (QED) is 0.301. The molecule has 0 N–H and O–H groups in total. The first-order valence-electron chi connectivity index (χ1n) is 9.97.